The number of amides is 1. The number of carbonyl (C=O) groups excluding carboxylic acids is 1. The molecular formula is C18H22N2O3S. The van der Waals surface area contributed by atoms with Crippen molar-refractivity contribution in [1.82, 2.24) is 5.32 Å². The molecule has 0 aliphatic heterocycles. The number of sulfonamides is 1. The van der Waals surface area contributed by atoms with Crippen molar-refractivity contribution in [1.29, 1.82) is 0 Å². The van der Waals surface area contributed by atoms with Gasteiger partial charge in [0.1, 0.15) is 0 Å². The summed E-state index contributed by atoms with van der Waals surface area (Å²) in [5, 5.41) is 2.52. The van der Waals surface area contributed by atoms with E-state index in [1.807, 2.05) is 32.9 Å². The summed E-state index contributed by atoms with van der Waals surface area (Å²) in [4.78, 5) is 12.0. The van der Waals surface area contributed by atoms with E-state index in [0.717, 1.165) is 22.3 Å². The molecule has 0 unspecified atom stereocenters. The number of nitrogens with one attached hydrogen (secondary N) is 2. The van der Waals surface area contributed by atoms with Crippen LogP contribution in [0.1, 0.15) is 32.6 Å². The Bertz CT molecular complexity index is 879. The first-order chi connectivity index (χ1) is 11.2. The third-order valence-corrected chi connectivity index (χ3v) is 5.25. The van der Waals surface area contributed by atoms with Crippen LogP contribution in [0, 0.1) is 27.7 Å². The zero-order valence-electron chi connectivity index (χ0n) is 14.5. The monoisotopic (exact) mass is 346 g/mol. The van der Waals surface area contributed by atoms with Crippen molar-refractivity contribution < 1.29 is 13.2 Å². The topological polar surface area (TPSA) is 75.3 Å². The van der Waals surface area contributed by atoms with E-state index in [2.05, 4.69) is 10.0 Å². The van der Waals surface area contributed by atoms with Crippen LogP contribution in [0.25, 0.3) is 0 Å². The highest BCUT2D eigenvalue weighted by Crippen LogP contribution is 2.26. The van der Waals surface area contributed by atoms with Gasteiger partial charge in [0.2, 0.25) is 0 Å². The Balaban J connectivity index is 2.47. The van der Waals surface area contributed by atoms with Crippen molar-refractivity contribution >= 4 is 21.6 Å². The van der Waals surface area contributed by atoms with Gasteiger partial charge in [-0.2, -0.15) is 0 Å². The lowest BCUT2D eigenvalue weighted by atomic mass is 10.1. The highest BCUT2D eigenvalue weighted by atomic mass is 32.2. The standard InChI is InChI=1S/C18H22N2O3S/c1-11-8-13(3)17(14(4)9-11)20-24(22,23)15-7-6-12(2)16(10-15)18(21)19-5/h6-10,20H,1-5H3,(H,19,21). The van der Waals surface area contributed by atoms with E-state index in [0.29, 0.717) is 11.3 Å². The smallest absolute Gasteiger partial charge is 0.261 e. The highest BCUT2D eigenvalue weighted by Gasteiger charge is 2.19. The summed E-state index contributed by atoms with van der Waals surface area (Å²) in [6, 6.07) is 8.39. The zero-order valence-corrected chi connectivity index (χ0v) is 15.3. The normalized spacial score (nSPS) is 11.2. The molecule has 6 heteroatoms. The second kappa shape index (κ2) is 6.65. The van der Waals surface area contributed by atoms with Gasteiger partial charge in [-0.1, -0.05) is 23.8 Å². The fourth-order valence-corrected chi connectivity index (χ4v) is 3.91. The first-order valence-electron chi connectivity index (χ1n) is 7.59. The Labute approximate surface area is 143 Å². The lowest BCUT2D eigenvalue weighted by molar-refractivity contribution is 0.0962. The molecule has 24 heavy (non-hydrogen) atoms. The van der Waals surface area contributed by atoms with E-state index >= 15 is 0 Å². The molecule has 0 saturated heterocycles. The minimum absolute atomic E-state index is 0.0612. The average Bonchev–Trinajstić information content (AvgIpc) is 2.50. The van der Waals surface area contributed by atoms with Gasteiger partial charge in [0.05, 0.1) is 10.6 Å². The Morgan fingerprint density at radius 3 is 2.04 bits per heavy atom. The number of rotatable bonds is 4. The molecule has 0 saturated carbocycles. The molecule has 1 amide bonds. The van der Waals surface area contributed by atoms with Crippen molar-refractivity contribution in [2.75, 3.05) is 11.8 Å². The predicted molar refractivity (Wildman–Crippen MR) is 96.0 cm³/mol. The van der Waals surface area contributed by atoms with E-state index in [9.17, 15) is 13.2 Å². The number of benzene rings is 2. The maximum atomic E-state index is 12.7. The van der Waals surface area contributed by atoms with E-state index in [1.54, 1.807) is 13.0 Å². The van der Waals surface area contributed by atoms with Gasteiger partial charge in [0, 0.05) is 12.6 Å². The molecule has 0 aromatic heterocycles. The molecule has 0 aliphatic carbocycles. The van der Waals surface area contributed by atoms with Crippen LogP contribution < -0.4 is 10.0 Å². The minimum Gasteiger partial charge on any atom is -0.355 e. The maximum absolute atomic E-state index is 12.7. The fourth-order valence-electron chi connectivity index (χ4n) is 2.68. The lowest BCUT2D eigenvalue weighted by Gasteiger charge is -2.15. The van der Waals surface area contributed by atoms with Crippen LogP contribution in [0.3, 0.4) is 0 Å². The molecule has 0 bridgehead atoms. The fraction of sp³-hybridized carbons (Fsp3) is 0.278. The molecular weight excluding hydrogens is 324 g/mol. The summed E-state index contributed by atoms with van der Waals surface area (Å²) in [5.41, 5.74) is 4.42. The third kappa shape index (κ3) is 3.59. The predicted octanol–water partition coefficient (Wildman–Crippen LogP) is 3.08. The van der Waals surface area contributed by atoms with E-state index in [4.69, 9.17) is 0 Å². The first kappa shape index (κ1) is 18.0. The summed E-state index contributed by atoms with van der Waals surface area (Å²) in [7, 11) is -2.27. The van der Waals surface area contributed by atoms with E-state index in [1.165, 1.54) is 19.2 Å². The summed E-state index contributed by atoms with van der Waals surface area (Å²) < 4.78 is 28.1. The summed E-state index contributed by atoms with van der Waals surface area (Å²) in [5.74, 6) is -0.313. The van der Waals surface area contributed by atoms with Crippen molar-refractivity contribution in [2.45, 2.75) is 32.6 Å². The van der Waals surface area contributed by atoms with Gasteiger partial charge in [-0.25, -0.2) is 8.42 Å². The van der Waals surface area contributed by atoms with Crippen LogP contribution in [-0.4, -0.2) is 21.4 Å². The number of hydrogen-bond donors (Lipinski definition) is 2. The molecule has 128 valence electrons. The van der Waals surface area contributed by atoms with Crippen LogP contribution in [0.4, 0.5) is 5.69 Å². The maximum Gasteiger partial charge on any atom is 0.261 e. The SMILES string of the molecule is CNC(=O)c1cc(S(=O)(=O)Nc2c(C)cc(C)cc2C)ccc1C. The number of anilines is 1. The number of hydrogen-bond acceptors (Lipinski definition) is 3. The quantitative estimate of drug-likeness (QED) is 0.893. The lowest BCUT2D eigenvalue weighted by Crippen LogP contribution is -2.20. The summed E-state index contributed by atoms with van der Waals surface area (Å²) in [6.07, 6.45) is 0. The van der Waals surface area contributed by atoms with E-state index < -0.39 is 10.0 Å². The summed E-state index contributed by atoms with van der Waals surface area (Å²) >= 11 is 0. The van der Waals surface area contributed by atoms with Crippen LogP contribution in [0.5, 0.6) is 0 Å². The Morgan fingerprint density at radius 1 is 0.917 bits per heavy atom. The summed E-state index contributed by atoms with van der Waals surface area (Å²) in [6.45, 7) is 7.46. The van der Waals surface area contributed by atoms with Crippen molar-refractivity contribution in [3.8, 4) is 0 Å². The molecule has 5 nitrogen and oxygen atoms in total. The van der Waals surface area contributed by atoms with Gasteiger partial charge in [-0.05, 0) is 56.5 Å². The van der Waals surface area contributed by atoms with Gasteiger partial charge < -0.3 is 5.32 Å². The van der Waals surface area contributed by atoms with Crippen molar-refractivity contribution in [3.05, 3.63) is 58.1 Å². The average molecular weight is 346 g/mol. The van der Waals surface area contributed by atoms with Crippen LogP contribution in [0.2, 0.25) is 0 Å². The highest BCUT2D eigenvalue weighted by molar-refractivity contribution is 7.92. The molecule has 2 aromatic carbocycles. The van der Waals surface area contributed by atoms with Crippen LogP contribution in [-0.2, 0) is 10.0 Å². The number of carbonyl (C=O) groups is 1. The van der Waals surface area contributed by atoms with Gasteiger partial charge in [-0.3, -0.25) is 9.52 Å². The van der Waals surface area contributed by atoms with Gasteiger partial charge in [0.15, 0.2) is 0 Å². The Hall–Kier alpha value is -2.34. The molecule has 0 heterocycles. The molecule has 2 aromatic rings. The van der Waals surface area contributed by atoms with Crippen LogP contribution in [0.15, 0.2) is 35.2 Å². The second-order valence-electron chi connectivity index (χ2n) is 5.94. The largest absolute Gasteiger partial charge is 0.355 e. The van der Waals surface area contributed by atoms with Gasteiger partial charge >= 0.3 is 0 Å². The molecule has 0 spiro atoms. The zero-order chi connectivity index (χ0) is 18.1. The minimum atomic E-state index is -3.78. The molecule has 2 rings (SSSR count). The van der Waals surface area contributed by atoms with Gasteiger partial charge in [-0.15, -0.1) is 0 Å². The molecule has 0 atom stereocenters. The molecule has 0 radical (unpaired) electrons. The Morgan fingerprint density at radius 2 is 1.50 bits per heavy atom. The van der Waals surface area contributed by atoms with Crippen LogP contribution >= 0.6 is 0 Å². The first-order valence-corrected chi connectivity index (χ1v) is 9.07. The van der Waals surface area contributed by atoms with Crippen molar-refractivity contribution in [3.63, 3.8) is 0 Å². The van der Waals surface area contributed by atoms with Crippen molar-refractivity contribution in [2.24, 2.45) is 0 Å². The molecule has 0 aliphatic rings. The third-order valence-electron chi connectivity index (χ3n) is 3.90. The van der Waals surface area contributed by atoms with Gasteiger partial charge in [0.25, 0.3) is 15.9 Å². The molecule has 2 N–H and O–H groups in total. The Kier molecular flexibility index (Phi) is 4.99. The second-order valence-corrected chi connectivity index (χ2v) is 7.62. The van der Waals surface area contributed by atoms with E-state index in [-0.39, 0.29) is 10.8 Å². The molecule has 0 fully saturated rings. The number of aryl methyl sites for hydroxylation is 4.